The molecule has 0 spiro atoms. The molecule has 1 aromatic carbocycles. The Morgan fingerprint density at radius 3 is 2.74 bits per heavy atom. The van der Waals surface area contributed by atoms with Crippen molar-refractivity contribution in [2.45, 2.75) is 23.7 Å². The van der Waals surface area contributed by atoms with Crippen molar-refractivity contribution in [2.24, 2.45) is 5.73 Å². The van der Waals surface area contributed by atoms with Crippen LogP contribution in [0.5, 0.6) is 5.75 Å². The minimum Gasteiger partial charge on any atom is -0.497 e. The highest BCUT2D eigenvalue weighted by atomic mass is 32.2. The van der Waals surface area contributed by atoms with Gasteiger partial charge in [-0.05, 0) is 23.8 Å². The Kier molecular flexibility index (Phi) is 4.58. The van der Waals surface area contributed by atoms with Crippen LogP contribution in [0.2, 0.25) is 0 Å². The van der Waals surface area contributed by atoms with Gasteiger partial charge in [-0.1, -0.05) is 12.1 Å². The number of hydrogen-bond donors (Lipinski definition) is 1. The quantitative estimate of drug-likeness (QED) is 0.645. The maximum atomic E-state index is 12.3. The predicted molar refractivity (Wildman–Crippen MR) is 86.6 cm³/mol. The molecule has 1 amide bonds. The molecule has 1 aromatic rings. The average molecular weight is 334 g/mol. The van der Waals surface area contributed by atoms with E-state index in [0.29, 0.717) is 18.7 Å². The zero-order chi connectivity index (χ0) is 16.4. The summed E-state index contributed by atoms with van der Waals surface area (Å²) in [6, 6.07) is 7.27. The lowest BCUT2D eigenvalue weighted by Gasteiger charge is -2.44. The van der Waals surface area contributed by atoms with Gasteiger partial charge in [-0.3, -0.25) is 9.69 Å². The minimum absolute atomic E-state index is 0.00425. The summed E-state index contributed by atoms with van der Waals surface area (Å²) in [5.74, 6) is 0.204. The maximum absolute atomic E-state index is 12.3. The third-order valence-corrected chi connectivity index (χ3v) is 5.18. The number of methoxy groups -OCH3 is 1. The maximum Gasteiger partial charge on any atom is 0.355 e. The zero-order valence-corrected chi connectivity index (χ0v) is 13.5. The molecule has 23 heavy (non-hydrogen) atoms. The minimum atomic E-state index is -0.488. The van der Waals surface area contributed by atoms with Gasteiger partial charge in [0.05, 0.1) is 18.9 Å². The van der Waals surface area contributed by atoms with E-state index in [1.54, 1.807) is 37.1 Å². The summed E-state index contributed by atoms with van der Waals surface area (Å²) in [5, 5.41) is 0.0393. The van der Waals surface area contributed by atoms with Crippen LogP contribution in [0.3, 0.4) is 0 Å². The molecule has 0 radical (unpaired) electrons. The molecule has 2 heterocycles. The first-order chi connectivity index (χ1) is 11.1. The monoisotopic (exact) mass is 334 g/mol. The van der Waals surface area contributed by atoms with Gasteiger partial charge in [0.1, 0.15) is 18.1 Å². The number of nitrogens with zero attached hydrogens (tertiary/aromatic N) is 1. The predicted octanol–water partition coefficient (Wildman–Crippen LogP) is 1.25. The summed E-state index contributed by atoms with van der Waals surface area (Å²) < 4.78 is 10.4. The third kappa shape index (κ3) is 3.20. The SMILES string of the molecule is COc1ccc(COC(=O)C2=CC(CN)S[C@@H]3CC(=O)N23)cc1. The Bertz CT molecular complexity index is 644. The molecule has 0 aliphatic carbocycles. The van der Waals surface area contributed by atoms with Crippen molar-refractivity contribution in [1.82, 2.24) is 4.90 Å². The first-order valence-corrected chi connectivity index (χ1v) is 8.26. The molecule has 122 valence electrons. The number of hydrogen-bond acceptors (Lipinski definition) is 6. The largest absolute Gasteiger partial charge is 0.497 e. The number of benzene rings is 1. The number of thioether (sulfide) groups is 1. The van der Waals surface area contributed by atoms with E-state index in [0.717, 1.165) is 11.3 Å². The van der Waals surface area contributed by atoms with E-state index in [2.05, 4.69) is 0 Å². The normalized spacial score (nSPS) is 22.8. The standard InChI is InChI=1S/C16H18N2O4S/c1-21-11-4-2-10(3-5-11)9-22-16(20)13-6-12(8-17)23-15-7-14(19)18(13)15/h2-6,12,15H,7-9,17H2,1H3/t12?,15-/m1/s1. The van der Waals surface area contributed by atoms with Crippen molar-refractivity contribution >= 4 is 23.6 Å². The van der Waals surface area contributed by atoms with Crippen molar-refractivity contribution in [3.05, 3.63) is 41.6 Å². The average Bonchev–Trinajstić information content (AvgIpc) is 2.58. The highest BCUT2D eigenvalue weighted by Crippen LogP contribution is 2.40. The van der Waals surface area contributed by atoms with E-state index in [1.165, 1.54) is 4.90 Å². The molecule has 2 N–H and O–H groups in total. The van der Waals surface area contributed by atoms with Crippen LogP contribution >= 0.6 is 11.8 Å². The molecule has 1 unspecified atom stereocenters. The summed E-state index contributed by atoms with van der Waals surface area (Å²) in [4.78, 5) is 25.6. The lowest BCUT2D eigenvalue weighted by Crippen LogP contribution is -2.54. The van der Waals surface area contributed by atoms with Crippen LogP contribution < -0.4 is 10.5 Å². The molecular formula is C16H18N2O4S. The fourth-order valence-corrected chi connectivity index (χ4v) is 3.83. The number of fused-ring (bicyclic) bond motifs is 1. The van der Waals surface area contributed by atoms with Crippen LogP contribution in [-0.4, -0.2) is 41.1 Å². The van der Waals surface area contributed by atoms with Gasteiger partial charge >= 0.3 is 5.97 Å². The first kappa shape index (κ1) is 15.9. The van der Waals surface area contributed by atoms with Crippen LogP contribution in [0.1, 0.15) is 12.0 Å². The fraction of sp³-hybridized carbons (Fsp3) is 0.375. The lowest BCUT2D eigenvalue weighted by molar-refractivity contribution is -0.150. The van der Waals surface area contributed by atoms with Crippen LogP contribution in [-0.2, 0) is 20.9 Å². The topological polar surface area (TPSA) is 81.9 Å². The molecule has 2 atom stereocenters. The number of β-lactam (4-membered cyclic amide) rings is 1. The van der Waals surface area contributed by atoms with Crippen LogP contribution in [0.4, 0.5) is 0 Å². The van der Waals surface area contributed by atoms with Gasteiger partial charge in [-0.2, -0.15) is 0 Å². The molecule has 1 fully saturated rings. The fourth-order valence-electron chi connectivity index (χ4n) is 2.52. The number of ether oxygens (including phenoxy) is 2. The molecular weight excluding hydrogens is 316 g/mol. The summed E-state index contributed by atoms with van der Waals surface area (Å²) >= 11 is 1.61. The molecule has 3 rings (SSSR count). The number of esters is 1. The molecule has 6 nitrogen and oxygen atoms in total. The van der Waals surface area contributed by atoms with Crippen molar-refractivity contribution in [2.75, 3.05) is 13.7 Å². The van der Waals surface area contributed by atoms with Crippen molar-refractivity contribution in [1.29, 1.82) is 0 Å². The molecule has 0 aromatic heterocycles. The van der Waals surface area contributed by atoms with E-state index in [9.17, 15) is 9.59 Å². The van der Waals surface area contributed by atoms with E-state index in [1.807, 2.05) is 12.1 Å². The zero-order valence-electron chi connectivity index (χ0n) is 12.7. The molecule has 7 heteroatoms. The Labute approximate surface area is 138 Å². The number of nitrogens with two attached hydrogens (primary N) is 1. The van der Waals surface area contributed by atoms with E-state index in [-0.39, 0.29) is 23.1 Å². The Morgan fingerprint density at radius 1 is 1.39 bits per heavy atom. The molecule has 0 saturated carbocycles. The highest BCUT2D eigenvalue weighted by Gasteiger charge is 2.45. The first-order valence-electron chi connectivity index (χ1n) is 7.32. The number of amides is 1. The van der Waals surface area contributed by atoms with Gasteiger partial charge < -0.3 is 15.2 Å². The molecule has 1 saturated heterocycles. The molecule has 0 bridgehead atoms. The molecule has 2 aliphatic heterocycles. The summed E-state index contributed by atoms with van der Waals surface area (Å²) in [6.45, 7) is 0.575. The third-order valence-electron chi connectivity index (χ3n) is 3.81. The van der Waals surface area contributed by atoms with E-state index < -0.39 is 5.97 Å². The summed E-state index contributed by atoms with van der Waals surface area (Å²) in [5.41, 5.74) is 6.86. The van der Waals surface area contributed by atoms with Crippen LogP contribution in [0.15, 0.2) is 36.0 Å². The van der Waals surface area contributed by atoms with Gasteiger partial charge in [-0.15, -0.1) is 11.8 Å². The lowest BCUT2D eigenvalue weighted by atomic mass is 10.1. The van der Waals surface area contributed by atoms with Gasteiger partial charge in [0, 0.05) is 11.8 Å². The smallest absolute Gasteiger partial charge is 0.355 e. The second-order valence-corrected chi connectivity index (χ2v) is 6.73. The Morgan fingerprint density at radius 2 is 2.13 bits per heavy atom. The van der Waals surface area contributed by atoms with Crippen molar-refractivity contribution in [3.8, 4) is 5.75 Å². The van der Waals surface area contributed by atoms with Gasteiger partial charge in [0.15, 0.2) is 0 Å². The van der Waals surface area contributed by atoms with Gasteiger partial charge in [0.25, 0.3) is 0 Å². The summed E-state index contributed by atoms with van der Waals surface area (Å²) in [6.07, 6.45) is 2.18. The van der Waals surface area contributed by atoms with Crippen LogP contribution in [0, 0.1) is 0 Å². The number of carbonyl (C=O) groups excluding carboxylic acids is 2. The summed E-state index contributed by atoms with van der Waals surface area (Å²) in [7, 11) is 1.59. The highest BCUT2D eigenvalue weighted by molar-refractivity contribution is 8.00. The second-order valence-electron chi connectivity index (χ2n) is 5.31. The van der Waals surface area contributed by atoms with Crippen LogP contribution in [0.25, 0.3) is 0 Å². The molecule has 2 aliphatic rings. The Balaban J connectivity index is 1.66. The van der Waals surface area contributed by atoms with Crippen molar-refractivity contribution < 1.29 is 19.1 Å². The second kappa shape index (κ2) is 6.64. The van der Waals surface area contributed by atoms with E-state index in [4.69, 9.17) is 15.2 Å². The van der Waals surface area contributed by atoms with Crippen molar-refractivity contribution in [3.63, 3.8) is 0 Å². The van der Waals surface area contributed by atoms with Gasteiger partial charge in [-0.25, -0.2) is 4.79 Å². The van der Waals surface area contributed by atoms with E-state index >= 15 is 0 Å². The number of carbonyl (C=O) groups is 2. The number of rotatable bonds is 5. The van der Waals surface area contributed by atoms with Gasteiger partial charge in [0.2, 0.25) is 5.91 Å². The Hall–Kier alpha value is -1.99.